The Kier molecular flexibility index (Phi) is 2.60. The molecule has 3 rings (SSSR count). The van der Waals surface area contributed by atoms with E-state index < -0.39 is 0 Å². The van der Waals surface area contributed by atoms with Crippen LogP contribution in [0.3, 0.4) is 0 Å². The third kappa shape index (κ3) is 1.94. The summed E-state index contributed by atoms with van der Waals surface area (Å²) in [4.78, 5) is 2.33. The van der Waals surface area contributed by atoms with Gasteiger partial charge in [0, 0.05) is 13.1 Å². The van der Waals surface area contributed by atoms with Crippen molar-refractivity contribution >= 4 is 0 Å². The fourth-order valence-corrected chi connectivity index (χ4v) is 2.80. The molecule has 0 amide bonds. The minimum Gasteiger partial charge on any atom is -0.489 e. The van der Waals surface area contributed by atoms with Gasteiger partial charge >= 0.3 is 0 Å². The van der Waals surface area contributed by atoms with Gasteiger partial charge in [0.2, 0.25) is 0 Å². The van der Waals surface area contributed by atoms with Gasteiger partial charge in [-0.1, -0.05) is 6.07 Å². The lowest BCUT2D eigenvalue weighted by atomic mass is 10.1. The molecule has 0 spiro atoms. The molecule has 2 heteroatoms. The van der Waals surface area contributed by atoms with Gasteiger partial charge in [0.05, 0.1) is 0 Å². The van der Waals surface area contributed by atoms with E-state index >= 15 is 0 Å². The molecule has 1 heterocycles. The van der Waals surface area contributed by atoms with E-state index in [0.717, 1.165) is 25.3 Å². The number of fused-ring (bicyclic) bond motifs is 1. The minimum atomic E-state index is 0.393. The maximum absolute atomic E-state index is 6.03. The average Bonchev–Trinajstić information content (AvgIpc) is 2.87. The predicted molar refractivity (Wildman–Crippen MR) is 65.0 cm³/mol. The molecule has 1 aliphatic heterocycles. The zero-order valence-corrected chi connectivity index (χ0v) is 9.91. The Morgan fingerprint density at radius 1 is 1.25 bits per heavy atom. The van der Waals surface area contributed by atoms with E-state index in [1.807, 2.05) is 0 Å². The molecule has 86 valence electrons. The van der Waals surface area contributed by atoms with Crippen molar-refractivity contribution < 1.29 is 4.74 Å². The highest BCUT2D eigenvalue weighted by Crippen LogP contribution is 2.27. The van der Waals surface area contributed by atoms with Gasteiger partial charge in [0.1, 0.15) is 11.9 Å². The lowest BCUT2D eigenvalue weighted by molar-refractivity contribution is 0.208. The first kappa shape index (κ1) is 10.2. The van der Waals surface area contributed by atoms with Crippen LogP contribution in [0.1, 0.15) is 24.0 Å². The Morgan fingerprint density at radius 3 is 2.94 bits per heavy atom. The van der Waals surface area contributed by atoms with E-state index in [4.69, 9.17) is 4.74 Å². The molecule has 1 aromatic rings. The largest absolute Gasteiger partial charge is 0.489 e. The normalized spacial score (nSPS) is 24.7. The average molecular weight is 217 g/mol. The molecule has 0 unspecified atom stereocenters. The maximum atomic E-state index is 6.03. The number of benzene rings is 1. The van der Waals surface area contributed by atoms with Crippen LogP contribution in [0.4, 0.5) is 0 Å². The molecular weight excluding hydrogens is 198 g/mol. The van der Waals surface area contributed by atoms with Gasteiger partial charge in [0.15, 0.2) is 0 Å². The summed E-state index contributed by atoms with van der Waals surface area (Å²) in [5.41, 5.74) is 3.03. The highest BCUT2D eigenvalue weighted by atomic mass is 16.5. The highest BCUT2D eigenvalue weighted by Gasteiger charge is 2.21. The number of hydrogen-bond acceptors (Lipinski definition) is 2. The summed E-state index contributed by atoms with van der Waals surface area (Å²) in [5.74, 6) is 1.07. The number of nitrogens with zero attached hydrogens (tertiary/aromatic N) is 1. The van der Waals surface area contributed by atoms with Crippen LogP contribution >= 0.6 is 0 Å². The zero-order chi connectivity index (χ0) is 11.0. The first-order valence-electron chi connectivity index (χ1n) is 6.28. The van der Waals surface area contributed by atoms with Gasteiger partial charge in [0.25, 0.3) is 0 Å². The Hall–Kier alpha value is -1.02. The molecule has 1 aliphatic carbocycles. The molecule has 1 aromatic carbocycles. The third-order valence-corrected chi connectivity index (χ3v) is 3.72. The number of hydrogen-bond donors (Lipinski definition) is 0. The van der Waals surface area contributed by atoms with Gasteiger partial charge in [-0.3, -0.25) is 0 Å². The van der Waals surface area contributed by atoms with Crippen molar-refractivity contribution in [1.82, 2.24) is 4.90 Å². The second-order valence-electron chi connectivity index (χ2n) is 5.07. The van der Waals surface area contributed by atoms with Gasteiger partial charge in [-0.05, 0) is 56.0 Å². The van der Waals surface area contributed by atoms with Crippen molar-refractivity contribution in [2.24, 2.45) is 0 Å². The molecule has 1 atom stereocenters. The summed E-state index contributed by atoms with van der Waals surface area (Å²) in [6, 6.07) is 6.64. The first-order chi connectivity index (χ1) is 7.81. The topological polar surface area (TPSA) is 12.5 Å². The Morgan fingerprint density at radius 2 is 2.12 bits per heavy atom. The SMILES string of the molecule is CN1CC[C@H](Oc2ccc3c(c2)CCC3)C1. The summed E-state index contributed by atoms with van der Waals surface area (Å²) in [6.45, 7) is 2.23. The smallest absolute Gasteiger partial charge is 0.120 e. The summed E-state index contributed by atoms with van der Waals surface area (Å²) < 4.78 is 6.03. The van der Waals surface area contributed by atoms with Crippen molar-refractivity contribution in [2.75, 3.05) is 20.1 Å². The number of aryl methyl sites for hydroxylation is 2. The van der Waals surface area contributed by atoms with Crippen LogP contribution in [0.25, 0.3) is 0 Å². The number of ether oxygens (including phenoxy) is 1. The van der Waals surface area contributed by atoms with Gasteiger partial charge in [-0.15, -0.1) is 0 Å². The molecule has 2 nitrogen and oxygen atoms in total. The lowest BCUT2D eigenvalue weighted by Gasteiger charge is -2.14. The first-order valence-corrected chi connectivity index (χ1v) is 6.28. The van der Waals surface area contributed by atoms with E-state index in [1.165, 1.54) is 30.4 Å². The van der Waals surface area contributed by atoms with Crippen LogP contribution in [-0.4, -0.2) is 31.1 Å². The quantitative estimate of drug-likeness (QED) is 0.753. The molecule has 0 radical (unpaired) electrons. The van der Waals surface area contributed by atoms with E-state index in [1.54, 1.807) is 0 Å². The van der Waals surface area contributed by atoms with Crippen LogP contribution in [0.2, 0.25) is 0 Å². The summed E-state index contributed by atoms with van der Waals surface area (Å²) in [6.07, 6.45) is 5.35. The fraction of sp³-hybridized carbons (Fsp3) is 0.571. The molecule has 0 bridgehead atoms. The molecule has 0 saturated carbocycles. The van der Waals surface area contributed by atoms with Crippen LogP contribution in [0.15, 0.2) is 18.2 Å². The molecule has 1 saturated heterocycles. The van der Waals surface area contributed by atoms with Crippen molar-refractivity contribution in [1.29, 1.82) is 0 Å². The number of rotatable bonds is 2. The van der Waals surface area contributed by atoms with Crippen LogP contribution < -0.4 is 4.74 Å². The van der Waals surface area contributed by atoms with Gasteiger partial charge < -0.3 is 9.64 Å². The Balaban J connectivity index is 1.71. The second-order valence-corrected chi connectivity index (χ2v) is 5.07. The predicted octanol–water partition coefficient (Wildman–Crippen LogP) is 2.26. The third-order valence-electron chi connectivity index (χ3n) is 3.72. The molecule has 0 N–H and O–H groups in total. The Labute approximate surface area is 97.2 Å². The highest BCUT2D eigenvalue weighted by molar-refractivity contribution is 5.38. The number of likely N-dealkylation sites (tertiary alicyclic amines) is 1. The molecular formula is C14H19NO. The van der Waals surface area contributed by atoms with E-state index in [9.17, 15) is 0 Å². The van der Waals surface area contributed by atoms with E-state index in [2.05, 4.69) is 30.1 Å². The standard InChI is InChI=1S/C14H19NO/c1-15-8-7-14(10-15)16-13-6-5-11-3-2-4-12(11)9-13/h5-6,9,14H,2-4,7-8,10H2,1H3/t14-/m0/s1. The second kappa shape index (κ2) is 4.10. The molecule has 1 fully saturated rings. The molecule has 16 heavy (non-hydrogen) atoms. The lowest BCUT2D eigenvalue weighted by Crippen LogP contribution is -2.21. The van der Waals surface area contributed by atoms with Crippen LogP contribution in [0.5, 0.6) is 5.75 Å². The van der Waals surface area contributed by atoms with Crippen molar-refractivity contribution in [3.63, 3.8) is 0 Å². The van der Waals surface area contributed by atoms with Gasteiger partial charge in [-0.25, -0.2) is 0 Å². The van der Waals surface area contributed by atoms with Crippen LogP contribution in [0, 0.1) is 0 Å². The van der Waals surface area contributed by atoms with Crippen LogP contribution in [-0.2, 0) is 12.8 Å². The minimum absolute atomic E-state index is 0.393. The summed E-state index contributed by atoms with van der Waals surface area (Å²) in [7, 11) is 2.16. The maximum Gasteiger partial charge on any atom is 0.120 e. The number of likely N-dealkylation sites (N-methyl/N-ethyl adjacent to an activating group) is 1. The van der Waals surface area contributed by atoms with E-state index in [-0.39, 0.29) is 0 Å². The molecule has 2 aliphatic rings. The van der Waals surface area contributed by atoms with Crippen molar-refractivity contribution in [3.05, 3.63) is 29.3 Å². The Bertz CT molecular complexity index is 388. The summed E-state index contributed by atoms with van der Waals surface area (Å²) >= 11 is 0. The molecule has 0 aromatic heterocycles. The fourth-order valence-electron chi connectivity index (χ4n) is 2.80. The van der Waals surface area contributed by atoms with E-state index in [0.29, 0.717) is 6.10 Å². The zero-order valence-electron chi connectivity index (χ0n) is 9.91. The summed E-state index contributed by atoms with van der Waals surface area (Å²) in [5, 5.41) is 0. The monoisotopic (exact) mass is 217 g/mol. The van der Waals surface area contributed by atoms with Gasteiger partial charge in [-0.2, -0.15) is 0 Å². The van der Waals surface area contributed by atoms with Crippen molar-refractivity contribution in [3.8, 4) is 5.75 Å². The van der Waals surface area contributed by atoms with Crippen molar-refractivity contribution in [2.45, 2.75) is 31.8 Å².